The molecule has 0 saturated carbocycles. The molecule has 1 unspecified atom stereocenters. The Labute approximate surface area is 165 Å². The van der Waals surface area contributed by atoms with Crippen LogP contribution in [0.15, 0.2) is 48.5 Å². The molecule has 0 saturated heterocycles. The molecular formula is C20H26FN3O3S. The lowest BCUT2D eigenvalue weighted by Crippen LogP contribution is -2.34. The lowest BCUT2D eigenvalue weighted by molar-refractivity contribution is 0.0942. The molecular weight excluding hydrogens is 381 g/mol. The van der Waals surface area contributed by atoms with Gasteiger partial charge in [-0.1, -0.05) is 25.1 Å². The smallest absolute Gasteiger partial charge is 0.251 e. The summed E-state index contributed by atoms with van der Waals surface area (Å²) in [7, 11) is 0.276. The van der Waals surface area contributed by atoms with Crippen LogP contribution in [0.4, 0.5) is 10.1 Å². The Morgan fingerprint density at radius 2 is 1.86 bits per heavy atom. The highest BCUT2D eigenvalue weighted by molar-refractivity contribution is 7.92. The molecule has 0 heterocycles. The molecule has 152 valence electrons. The number of hydrogen-bond donors (Lipinski definition) is 2. The summed E-state index contributed by atoms with van der Waals surface area (Å²) in [6.45, 7) is 2.06. The van der Waals surface area contributed by atoms with E-state index < -0.39 is 10.0 Å². The van der Waals surface area contributed by atoms with Gasteiger partial charge in [-0.15, -0.1) is 0 Å². The van der Waals surface area contributed by atoms with Gasteiger partial charge in [-0.25, -0.2) is 12.8 Å². The molecule has 1 atom stereocenters. The van der Waals surface area contributed by atoms with Crippen molar-refractivity contribution in [3.63, 3.8) is 0 Å². The van der Waals surface area contributed by atoms with E-state index >= 15 is 0 Å². The molecule has 0 fully saturated rings. The highest BCUT2D eigenvalue weighted by atomic mass is 32.2. The summed E-state index contributed by atoms with van der Waals surface area (Å²) in [4.78, 5) is 14.4. The third-order valence-electron chi connectivity index (χ3n) is 4.18. The topological polar surface area (TPSA) is 78.5 Å². The zero-order valence-electron chi connectivity index (χ0n) is 16.3. The van der Waals surface area contributed by atoms with Gasteiger partial charge in [-0.3, -0.25) is 9.52 Å². The summed E-state index contributed by atoms with van der Waals surface area (Å²) >= 11 is 0. The Morgan fingerprint density at radius 3 is 2.50 bits per heavy atom. The van der Waals surface area contributed by atoms with Gasteiger partial charge >= 0.3 is 0 Å². The van der Waals surface area contributed by atoms with Crippen LogP contribution in [0, 0.1) is 5.82 Å². The minimum Gasteiger partial charge on any atom is -0.350 e. The summed E-state index contributed by atoms with van der Waals surface area (Å²) in [5, 5.41) is 2.83. The first-order valence-corrected chi connectivity index (χ1v) is 10.7. The molecule has 0 aliphatic rings. The van der Waals surface area contributed by atoms with Crippen molar-refractivity contribution >= 4 is 21.6 Å². The first-order chi connectivity index (χ1) is 13.2. The van der Waals surface area contributed by atoms with Gasteiger partial charge in [0, 0.05) is 17.8 Å². The third-order valence-corrected chi connectivity index (χ3v) is 5.68. The zero-order chi connectivity index (χ0) is 20.7. The van der Waals surface area contributed by atoms with E-state index in [9.17, 15) is 17.6 Å². The monoisotopic (exact) mass is 407 g/mol. The van der Waals surface area contributed by atoms with E-state index in [1.807, 2.05) is 25.1 Å². The molecule has 28 heavy (non-hydrogen) atoms. The lowest BCUT2D eigenvalue weighted by atomic mass is 10.1. The molecule has 0 bridgehead atoms. The van der Waals surface area contributed by atoms with Gasteiger partial charge in [0.15, 0.2) is 0 Å². The fourth-order valence-corrected chi connectivity index (χ4v) is 3.95. The van der Waals surface area contributed by atoms with E-state index in [1.54, 1.807) is 31.2 Å². The Balaban J connectivity index is 2.08. The SMILES string of the molecule is CCCS(=O)(=O)Nc1cccc(C(=O)NCC(c2cccc(F)c2)N(C)C)c1. The number of rotatable bonds is 9. The number of benzene rings is 2. The van der Waals surface area contributed by atoms with Crippen molar-refractivity contribution in [3.05, 3.63) is 65.5 Å². The molecule has 8 heteroatoms. The van der Waals surface area contributed by atoms with Crippen LogP contribution in [0.3, 0.4) is 0 Å². The Morgan fingerprint density at radius 1 is 1.14 bits per heavy atom. The molecule has 0 radical (unpaired) electrons. The highest BCUT2D eigenvalue weighted by Crippen LogP contribution is 2.19. The Kier molecular flexibility index (Phi) is 7.53. The Hall–Kier alpha value is -2.45. The number of amides is 1. The number of anilines is 1. The molecule has 6 nitrogen and oxygen atoms in total. The van der Waals surface area contributed by atoms with Crippen molar-refractivity contribution < 1.29 is 17.6 Å². The molecule has 0 aliphatic heterocycles. The molecule has 0 spiro atoms. The summed E-state index contributed by atoms with van der Waals surface area (Å²) < 4.78 is 39.8. The van der Waals surface area contributed by atoms with Crippen molar-refractivity contribution in [2.45, 2.75) is 19.4 Å². The summed E-state index contributed by atoms with van der Waals surface area (Å²) in [5.74, 6) is -0.649. The van der Waals surface area contributed by atoms with Crippen LogP contribution in [-0.4, -0.2) is 45.6 Å². The second-order valence-electron chi connectivity index (χ2n) is 6.75. The van der Waals surface area contributed by atoms with Gasteiger partial charge in [0.25, 0.3) is 5.91 Å². The molecule has 2 N–H and O–H groups in total. The minimum atomic E-state index is -3.43. The van der Waals surface area contributed by atoms with Gasteiger partial charge in [-0.2, -0.15) is 0 Å². The summed E-state index contributed by atoms with van der Waals surface area (Å²) in [6.07, 6.45) is 0.502. The number of carbonyl (C=O) groups excluding carboxylic acids is 1. The normalized spacial score (nSPS) is 12.6. The Bertz CT molecular complexity index is 916. The van der Waals surface area contributed by atoms with Crippen molar-refractivity contribution in [2.24, 2.45) is 0 Å². The molecule has 2 rings (SSSR count). The summed E-state index contributed by atoms with van der Waals surface area (Å²) in [5.41, 5.74) is 1.44. The van der Waals surface area contributed by atoms with Gasteiger partial charge in [0.2, 0.25) is 10.0 Å². The van der Waals surface area contributed by atoms with E-state index in [0.717, 1.165) is 5.56 Å². The first-order valence-electron chi connectivity index (χ1n) is 9.02. The van der Waals surface area contributed by atoms with Crippen LogP contribution in [0.25, 0.3) is 0 Å². The van der Waals surface area contributed by atoms with Crippen molar-refractivity contribution in [1.82, 2.24) is 10.2 Å². The number of carbonyl (C=O) groups is 1. The largest absolute Gasteiger partial charge is 0.350 e. The number of likely N-dealkylation sites (N-methyl/N-ethyl adjacent to an activating group) is 1. The number of nitrogens with one attached hydrogen (secondary N) is 2. The average Bonchev–Trinajstić information content (AvgIpc) is 2.61. The van der Waals surface area contributed by atoms with E-state index in [4.69, 9.17) is 0 Å². The average molecular weight is 408 g/mol. The fraction of sp³-hybridized carbons (Fsp3) is 0.350. The zero-order valence-corrected chi connectivity index (χ0v) is 17.1. The molecule has 1 amide bonds. The molecule has 0 aromatic heterocycles. The van der Waals surface area contributed by atoms with Gasteiger partial charge in [0.05, 0.1) is 11.8 Å². The number of sulfonamides is 1. The minimum absolute atomic E-state index is 0.0155. The predicted octanol–water partition coefficient (Wildman–Crippen LogP) is 3.01. The third kappa shape index (κ3) is 6.31. The van der Waals surface area contributed by atoms with Crippen LogP contribution in [0.2, 0.25) is 0 Å². The van der Waals surface area contributed by atoms with E-state index in [1.165, 1.54) is 18.2 Å². The van der Waals surface area contributed by atoms with Crippen LogP contribution < -0.4 is 10.0 Å². The van der Waals surface area contributed by atoms with Crippen LogP contribution in [0.1, 0.15) is 35.3 Å². The fourth-order valence-electron chi connectivity index (χ4n) is 2.83. The maximum absolute atomic E-state index is 13.5. The molecule has 2 aromatic carbocycles. The maximum atomic E-state index is 13.5. The van der Waals surface area contributed by atoms with Crippen LogP contribution in [-0.2, 0) is 10.0 Å². The van der Waals surface area contributed by atoms with Gasteiger partial charge in [0.1, 0.15) is 5.82 Å². The van der Waals surface area contributed by atoms with E-state index in [-0.39, 0.29) is 30.1 Å². The van der Waals surface area contributed by atoms with Crippen LogP contribution in [0.5, 0.6) is 0 Å². The number of hydrogen-bond acceptors (Lipinski definition) is 4. The first kappa shape index (κ1) is 21.8. The summed E-state index contributed by atoms with van der Waals surface area (Å²) in [6, 6.07) is 12.4. The van der Waals surface area contributed by atoms with E-state index in [0.29, 0.717) is 17.7 Å². The highest BCUT2D eigenvalue weighted by Gasteiger charge is 2.17. The quantitative estimate of drug-likeness (QED) is 0.670. The van der Waals surface area contributed by atoms with Crippen molar-refractivity contribution in [2.75, 3.05) is 31.1 Å². The van der Waals surface area contributed by atoms with Crippen molar-refractivity contribution in [3.8, 4) is 0 Å². The van der Waals surface area contributed by atoms with Gasteiger partial charge in [-0.05, 0) is 56.4 Å². The van der Waals surface area contributed by atoms with Crippen LogP contribution >= 0.6 is 0 Å². The second-order valence-corrected chi connectivity index (χ2v) is 8.59. The lowest BCUT2D eigenvalue weighted by Gasteiger charge is -2.25. The second kappa shape index (κ2) is 9.66. The standard InChI is InChI=1S/C20H26FN3O3S/c1-4-11-28(26,27)23-18-10-6-8-16(13-18)20(25)22-14-19(24(2)3)15-7-5-9-17(21)12-15/h5-10,12-13,19,23H,4,11,14H2,1-3H3,(H,22,25). The maximum Gasteiger partial charge on any atom is 0.251 e. The van der Waals surface area contributed by atoms with E-state index in [2.05, 4.69) is 10.0 Å². The molecule has 0 aliphatic carbocycles. The van der Waals surface area contributed by atoms with Gasteiger partial charge < -0.3 is 10.2 Å². The number of halogens is 1. The molecule has 2 aromatic rings. The van der Waals surface area contributed by atoms with Crippen molar-refractivity contribution in [1.29, 1.82) is 0 Å². The predicted molar refractivity (Wildman–Crippen MR) is 109 cm³/mol. The number of nitrogens with zero attached hydrogens (tertiary/aromatic N) is 1.